The van der Waals surface area contributed by atoms with Crippen LogP contribution in [0.25, 0.3) is 0 Å². The van der Waals surface area contributed by atoms with Crippen LogP contribution in [0.4, 0.5) is 5.69 Å². The van der Waals surface area contributed by atoms with E-state index in [1.165, 1.54) is 16.4 Å². The SMILES string of the molecule is CCc1cccc(CC)c1NC(=O)C1CCN(S(=O)(=O)c2cc(Cl)ccc2Cl)CC1. The molecule has 0 atom stereocenters. The quantitative estimate of drug-likeness (QED) is 0.636. The molecule has 0 unspecified atom stereocenters. The fourth-order valence-electron chi connectivity index (χ4n) is 3.80. The van der Waals surface area contributed by atoms with Gasteiger partial charge in [-0.2, -0.15) is 4.31 Å². The Hall–Kier alpha value is -1.60. The summed E-state index contributed by atoms with van der Waals surface area (Å²) < 4.78 is 27.3. The van der Waals surface area contributed by atoms with Gasteiger partial charge in [0.05, 0.1) is 5.02 Å². The highest BCUT2D eigenvalue weighted by Gasteiger charge is 2.33. The summed E-state index contributed by atoms with van der Waals surface area (Å²) in [6, 6.07) is 10.5. The number of carbonyl (C=O) groups excluding carboxylic acids is 1. The van der Waals surface area contributed by atoms with Crippen molar-refractivity contribution in [3.05, 3.63) is 57.6 Å². The fraction of sp³-hybridized carbons (Fsp3) is 0.409. The molecule has 1 saturated heterocycles. The van der Waals surface area contributed by atoms with Gasteiger partial charge in [0.1, 0.15) is 4.90 Å². The van der Waals surface area contributed by atoms with Crippen molar-refractivity contribution in [1.82, 2.24) is 4.31 Å². The molecule has 1 aliphatic heterocycles. The van der Waals surface area contributed by atoms with Crippen molar-refractivity contribution >= 4 is 44.8 Å². The number of hydrogen-bond donors (Lipinski definition) is 1. The van der Waals surface area contributed by atoms with E-state index in [1.807, 2.05) is 18.2 Å². The lowest BCUT2D eigenvalue weighted by Crippen LogP contribution is -2.41. The fourth-order valence-corrected chi connectivity index (χ4v) is 6.01. The highest BCUT2D eigenvalue weighted by molar-refractivity contribution is 7.89. The van der Waals surface area contributed by atoms with Crippen LogP contribution in [-0.2, 0) is 27.7 Å². The molecule has 5 nitrogen and oxygen atoms in total. The third kappa shape index (κ3) is 4.83. The van der Waals surface area contributed by atoms with Crippen molar-refractivity contribution in [3.63, 3.8) is 0 Å². The maximum atomic E-state index is 13.0. The van der Waals surface area contributed by atoms with Crippen molar-refractivity contribution in [1.29, 1.82) is 0 Å². The van der Waals surface area contributed by atoms with E-state index in [1.54, 1.807) is 6.07 Å². The molecule has 30 heavy (non-hydrogen) atoms. The summed E-state index contributed by atoms with van der Waals surface area (Å²) in [5.74, 6) is -0.288. The van der Waals surface area contributed by atoms with Crippen LogP contribution in [0.2, 0.25) is 10.0 Å². The van der Waals surface area contributed by atoms with Gasteiger partial charge in [0.2, 0.25) is 15.9 Å². The predicted molar refractivity (Wildman–Crippen MR) is 122 cm³/mol. The topological polar surface area (TPSA) is 66.5 Å². The van der Waals surface area contributed by atoms with Crippen LogP contribution < -0.4 is 5.32 Å². The highest BCUT2D eigenvalue weighted by Crippen LogP contribution is 2.31. The molecule has 2 aromatic rings. The average molecular weight is 469 g/mol. The predicted octanol–water partition coefficient (Wildman–Crippen LogP) is 5.16. The Morgan fingerprint density at radius 1 is 1.07 bits per heavy atom. The van der Waals surface area contributed by atoms with Crippen molar-refractivity contribution in [2.45, 2.75) is 44.4 Å². The standard InChI is InChI=1S/C22H26Cl2N2O3S/c1-3-15-6-5-7-16(4-2)21(15)25-22(27)17-10-12-26(13-11-17)30(28,29)20-14-18(23)8-9-19(20)24/h5-9,14,17H,3-4,10-13H2,1-2H3,(H,25,27). The molecule has 0 aliphatic carbocycles. The summed E-state index contributed by atoms with van der Waals surface area (Å²) in [6.07, 6.45) is 2.58. The van der Waals surface area contributed by atoms with Crippen LogP contribution in [0, 0.1) is 5.92 Å². The number of nitrogens with zero attached hydrogens (tertiary/aromatic N) is 1. The Kier molecular flexibility index (Phi) is 7.45. The number of para-hydroxylation sites is 1. The Morgan fingerprint density at radius 3 is 2.23 bits per heavy atom. The minimum atomic E-state index is -3.76. The first-order valence-electron chi connectivity index (χ1n) is 10.1. The van der Waals surface area contributed by atoms with Gasteiger partial charge in [0.25, 0.3) is 0 Å². The lowest BCUT2D eigenvalue weighted by Gasteiger charge is -2.31. The first-order chi connectivity index (χ1) is 14.3. The minimum Gasteiger partial charge on any atom is -0.325 e. The number of nitrogens with one attached hydrogen (secondary N) is 1. The Labute approximate surface area is 188 Å². The minimum absolute atomic E-state index is 0.00373. The maximum Gasteiger partial charge on any atom is 0.244 e. The number of hydrogen-bond acceptors (Lipinski definition) is 3. The number of carbonyl (C=O) groups is 1. The second kappa shape index (κ2) is 9.69. The Bertz CT molecular complexity index is 1010. The number of benzene rings is 2. The summed E-state index contributed by atoms with van der Waals surface area (Å²) in [6.45, 7) is 4.65. The monoisotopic (exact) mass is 468 g/mol. The van der Waals surface area contributed by atoms with Crippen molar-refractivity contribution < 1.29 is 13.2 Å². The molecule has 0 saturated carbocycles. The number of piperidine rings is 1. The second-order valence-corrected chi connectivity index (χ2v) is 10.2. The summed E-state index contributed by atoms with van der Waals surface area (Å²) in [5.41, 5.74) is 3.12. The zero-order valence-corrected chi connectivity index (χ0v) is 19.4. The van der Waals surface area contributed by atoms with Crippen LogP contribution in [0.3, 0.4) is 0 Å². The zero-order chi connectivity index (χ0) is 21.9. The van der Waals surface area contributed by atoms with Gasteiger partial charge in [-0.05, 0) is 55.0 Å². The number of sulfonamides is 1. The van der Waals surface area contributed by atoms with Crippen LogP contribution >= 0.6 is 23.2 Å². The molecule has 1 N–H and O–H groups in total. The van der Waals surface area contributed by atoms with E-state index in [9.17, 15) is 13.2 Å². The van der Waals surface area contributed by atoms with Crippen LogP contribution in [0.1, 0.15) is 37.8 Å². The van der Waals surface area contributed by atoms with Gasteiger partial charge in [-0.3, -0.25) is 4.79 Å². The first-order valence-corrected chi connectivity index (χ1v) is 12.3. The Balaban J connectivity index is 1.70. The molecule has 1 heterocycles. The molecule has 1 fully saturated rings. The molecule has 0 aromatic heterocycles. The molecular formula is C22H26Cl2N2O3S. The van der Waals surface area contributed by atoms with Gasteiger partial charge >= 0.3 is 0 Å². The van der Waals surface area contributed by atoms with Crippen molar-refractivity contribution in [2.24, 2.45) is 5.92 Å². The number of amides is 1. The van der Waals surface area contributed by atoms with Gasteiger partial charge in [0.15, 0.2) is 0 Å². The van der Waals surface area contributed by atoms with Crippen LogP contribution in [-0.4, -0.2) is 31.7 Å². The van der Waals surface area contributed by atoms with E-state index in [0.717, 1.165) is 29.7 Å². The summed E-state index contributed by atoms with van der Waals surface area (Å²) in [5, 5.41) is 3.56. The van der Waals surface area contributed by atoms with Gasteiger partial charge in [-0.15, -0.1) is 0 Å². The van der Waals surface area contributed by atoms with E-state index in [2.05, 4.69) is 19.2 Å². The number of halogens is 2. The van der Waals surface area contributed by atoms with Crippen LogP contribution in [0.5, 0.6) is 0 Å². The molecule has 1 aliphatic rings. The molecule has 2 aromatic carbocycles. The van der Waals surface area contributed by atoms with Gasteiger partial charge in [-0.25, -0.2) is 8.42 Å². The molecule has 3 rings (SSSR count). The molecule has 0 radical (unpaired) electrons. The molecule has 1 amide bonds. The summed E-state index contributed by atoms with van der Waals surface area (Å²) in [7, 11) is -3.76. The van der Waals surface area contributed by atoms with E-state index < -0.39 is 10.0 Å². The normalized spacial score (nSPS) is 15.9. The largest absolute Gasteiger partial charge is 0.325 e. The molecule has 0 bridgehead atoms. The van der Waals surface area contributed by atoms with Crippen molar-refractivity contribution in [3.8, 4) is 0 Å². The smallest absolute Gasteiger partial charge is 0.244 e. The second-order valence-electron chi connectivity index (χ2n) is 7.40. The van der Waals surface area contributed by atoms with Crippen molar-refractivity contribution in [2.75, 3.05) is 18.4 Å². The van der Waals surface area contributed by atoms with E-state index in [-0.39, 0.29) is 34.8 Å². The highest BCUT2D eigenvalue weighted by atomic mass is 35.5. The van der Waals surface area contributed by atoms with Crippen LogP contribution in [0.15, 0.2) is 41.3 Å². The number of aryl methyl sites for hydroxylation is 2. The molecule has 162 valence electrons. The third-order valence-electron chi connectivity index (χ3n) is 5.58. The van der Waals surface area contributed by atoms with E-state index in [4.69, 9.17) is 23.2 Å². The van der Waals surface area contributed by atoms with Gasteiger partial charge < -0.3 is 5.32 Å². The molecule has 8 heteroatoms. The molecule has 0 spiro atoms. The van der Waals surface area contributed by atoms with Gasteiger partial charge in [-0.1, -0.05) is 55.2 Å². The average Bonchev–Trinajstić information content (AvgIpc) is 2.75. The van der Waals surface area contributed by atoms with Gasteiger partial charge in [0, 0.05) is 29.7 Å². The maximum absolute atomic E-state index is 13.0. The lowest BCUT2D eigenvalue weighted by molar-refractivity contribution is -0.120. The lowest BCUT2D eigenvalue weighted by atomic mass is 9.96. The number of rotatable bonds is 6. The summed E-state index contributed by atoms with van der Waals surface area (Å²) >= 11 is 12.1. The third-order valence-corrected chi connectivity index (χ3v) is 8.20. The number of anilines is 1. The van der Waals surface area contributed by atoms with E-state index in [0.29, 0.717) is 17.9 Å². The summed E-state index contributed by atoms with van der Waals surface area (Å²) in [4.78, 5) is 12.9. The Morgan fingerprint density at radius 2 is 1.67 bits per heavy atom. The molecular weight excluding hydrogens is 443 g/mol. The first kappa shape index (κ1) is 23.1. The van der Waals surface area contributed by atoms with E-state index >= 15 is 0 Å². The zero-order valence-electron chi connectivity index (χ0n) is 17.1.